The third kappa shape index (κ3) is 3.32. The van der Waals surface area contributed by atoms with E-state index in [2.05, 4.69) is 56.0 Å². The third-order valence-corrected chi connectivity index (χ3v) is 3.89. The van der Waals surface area contributed by atoms with Gasteiger partial charge >= 0.3 is 0 Å². The van der Waals surface area contributed by atoms with E-state index >= 15 is 0 Å². The molecule has 0 bridgehead atoms. The maximum Gasteiger partial charge on any atom is 0.00553 e. The van der Waals surface area contributed by atoms with Gasteiger partial charge in [-0.1, -0.05) is 51.1 Å². The molecule has 1 fully saturated rings. The molecule has 0 saturated carbocycles. The van der Waals surface area contributed by atoms with Crippen molar-refractivity contribution in [2.75, 3.05) is 19.6 Å². The van der Waals surface area contributed by atoms with Gasteiger partial charge in [-0.2, -0.15) is 0 Å². The van der Waals surface area contributed by atoms with Crippen LogP contribution in [-0.2, 0) is 0 Å². The van der Waals surface area contributed by atoms with Crippen molar-refractivity contribution < 1.29 is 0 Å². The molecule has 17 heavy (non-hydrogen) atoms. The Morgan fingerprint density at radius 3 is 2.18 bits per heavy atom. The van der Waals surface area contributed by atoms with E-state index in [1.807, 2.05) is 0 Å². The fourth-order valence-corrected chi connectivity index (χ4v) is 2.79. The Morgan fingerprint density at radius 1 is 1.06 bits per heavy atom. The third-order valence-electron chi connectivity index (χ3n) is 3.89. The zero-order valence-electron chi connectivity index (χ0n) is 11.4. The molecule has 1 heterocycles. The second kappa shape index (κ2) is 5.22. The van der Waals surface area contributed by atoms with Gasteiger partial charge < -0.3 is 4.90 Å². The van der Waals surface area contributed by atoms with Gasteiger partial charge in [0.1, 0.15) is 0 Å². The van der Waals surface area contributed by atoms with Crippen molar-refractivity contribution in [1.82, 2.24) is 4.90 Å². The summed E-state index contributed by atoms with van der Waals surface area (Å²) >= 11 is 0. The van der Waals surface area contributed by atoms with Gasteiger partial charge in [0.25, 0.3) is 0 Å². The first kappa shape index (κ1) is 12.6. The molecule has 0 aromatic heterocycles. The summed E-state index contributed by atoms with van der Waals surface area (Å²) in [6.45, 7) is 10.9. The molecule has 1 nitrogen and oxygen atoms in total. The first-order chi connectivity index (χ1) is 8.07. The summed E-state index contributed by atoms with van der Waals surface area (Å²) in [4.78, 5) is 2.63. The highest BCUT2D eigenvalue weighted by molar-refractivity contribution is 5.22. The van der Waals surface area contributed by atoms with Crippen LogP contribution < -0.4 is 0 Å². The predicted molar refractivity (Wildman–Crippen MR) is 74.3 cm³/mol. The first-order valence-corrected chi connectivity index (χ1v) is 6.84. The van der Waals surface area contributed by atoms with Crippen LogP contribution in [0.4, 0.5) is 0 Å². The molecular weight excluding hydrogens is 206 g/mol. The maximum absolute atomic E-state index is 2.63. The number of nitrogens with zero attached hydrogens (tertiary/aromatic N) is 1. The fourth-order valence-electron chi connectivity index (χ4n) is 2.79. The standard InChI is InChI=1S/C16H25N/c1-16(2,3)15(13-17-11-7-8-12-17)14-9-5-4-6-10-14/h4-6,9-10,15H,7-8,11-13H2,1-3H3. The summed E-state index contributed by atoms with van der Waals surface area (Å²) in [6.07, 6.45) is 2.76. The summed E-state index contributed by atoms with van der Waals surface area (Å²) in [7, 11) is 0. The molecule has 0 spiro atoms. The molecule has 1 saturated heterocycles. The van der Waals surface area contributed by atoms with Gasteiger partial charge in [-0.05, 0) is 36.9 Å². The molecule has 94 valence electrons. The Morgan fingerprint density at radius 2 is 1.65 bits per heavy atom. The molecule has 1 unspecified atom stereocenters. The molecule has 0 N–H and O–H groups in total. The van der Waals surface area contributed by atoms with Crippen LogP contribution in [0.1, 0.15) is 45.1 Å². The highest BCUT2D eigenvalue weighted by atomic mass is 15.1. The lowest BCUT2D eigenvalue weighted by Crippen LogP contribution is -2.32. The highest BCUT2D eigenvalue weighted by Gasteiger charge is 2.28. The van der Waals surface area contributed by atoms with Crippen LogP contribution in [0.5, 0.6) is 0 Å². The van der Waals surface area contributed by atoms with Gasteiger partial charge in [-0.3, -0.25) is 0 Å². The van der Waals surface area contributed by atoms with Crippen molar-refractivity contribution in [2.45, 2.75) is 39.5 Å². The number of benzene rings is 1. The van der Waals surface area contributed by atoms with Crippen LogP contribution in [0.2, 0.25) is 0 Å². The van der Waals surface area contributed by atoms with Gasteiger partial charge in [-0.15, -0.1) is 0 Å². The van der Waals surface area contributed by atoms with Gasteiger partial charge in [0.15, 0.2) is 0 Å². The Hall–Kier alpha value is -0.820. The molecular formula is C16H25N. The average molecular weight is 231 g/mol. The molecule has 0 amide bonds. The Bertz CT molecular complexity index is 330. The average Bonchev–Trinajstić information content (AvgIpc) is 2.78. The largest absolute Gasteiger partial charge is 0.303 e. The van der Waals surface area contributed by atoms with E-state index in [0.717, 1.165) is 0 Å². The molecule has 0 radical (unpaired) electrons. The van der Waals surface area contributed by atoms with E-state index < -0.39 is 0 Å². The minimum atomic E-state index is 0.337. The van der Waals surface area contributed by atoms with Gasteiger partial charge in [0.05, 0.1) is 0 Å². The van der Waals surface area contributed by atoms with E-state index in [-0.39, 0.29) is 0 Å². The van der Waals surface area contributed by atoms with E-state index in [1.54, 1.807) is 0 Å². The Balaban J connectivity index is 2.14. The Labute approximate surface area is 106 Å². The number of rotatable bonds is 3. The van der Waals surface area contributed by atoms with E-state index in [1.165, 1.54) is 38.0 Å². The summed E-state index contributed by atoms with van der Waals surface area (Å²) < 4.78 is 0. The van der Waals surface area contributed by atoms with Crippen LogP contribution >= 0.6 is 0 Å². The molecule has 1 heteroatoms. The lowest BCUT2D eigenvalue weighted by Gasteiger charge is -2.34. The Kier molecular flexibility index (Phi) is 3.88. The number of hydrogen-bond donors (Lipinski definition) is 0. The molecule has 2 rings (SSSR count). The monoisotopic (exact) mass is 231 g/mol. The molecule has 1 aliphatic heterocycles. The second-order valence-electron chi connectivity index (χ2n) is 6.34. The van der Waals surface area contributed by atoms with Gasteiger partial charge in [0, 0.05) is 12.5 Å². The lowest BCUT2D eigenvalue weighted by atomic mass is 9.76. The quantitative estimate of drug-likeness (QED) is 0.762. The minimum absolute atomic E-state index is 0.337. The second-order valence-corrected chi connectivity index (χ2v) is 6.34. The molecule has 1 atom stereocenters. The molecule has 1 aromatic rings. The molecule has 1 aromatic carbocycles. The zero-order chi connectivity index (χ0) is 12.3. The van der Waals surface area contributed by atoms with Crippen LogP contribution in [0.3, 0.4) is 0 Å². The van der Waals surface area contributed by atoms with E-state index in [4.69, 9.17) is 0 Å². The predicted octanol–water partition coefficient (Wildman–Crippen LogP) is 3.91. The van der Waals surface area contributed by atoms with Crippen molar-refractivity contribution >= 4 is 0 Å². The summed E-state index contributed by atoms with van der Waals surface area (Å²) in [5.41, 5.74) is 1.83. The maximum atomic E-state index is 2.63. The lowest BCUT2D eigenvalue weighted by molar-refractivity contribution is 0.225. The van der Waals surface area contributed by atoms with Crippen molar-refractivity contribution in [3.63, 3.8) is 0 Å². The fraction of sp³-hybridized carbons (Fsp3) is 0.625. The molecule has 1 aliphatic rings. The summed E-state index contributed by atoms with van der Waals surface area (Å²) in [5.74, 6) is 0.641. The smallest absolute Gasteiger partial charge is 0.00553 e. The number of hydrogen-bond acceptors (Lipinski definition) is 1. The topological polar surface area (TPSA) is 3.24 Å². The van der Waals surface area contributed by atoms with Crippen LogP contribution in [-0.4, -0.2) is 24.5 Å². The zero-order valence-corrected chi connectivity index (χ0v) is 11.4. The van der Waals surface area contributed by atoms with Crippen LogP contribution in [0, 0.1) is 5.41 Å². The van der Waals surface area contributed by atoms with E-state index in [9.17, 15) is 0 Å². The van der Waals surface area contributed by atoms with Crippen molar-refractivity contribution in [1.29, 1.82) is 0 Å². The minimum Gasteiger partial charge on any atom is -0.303 e. The van der Waals surface area contributed by atoms with Crippen LogP contribution in [0.25, 0.3) is 0 Å². The van der Waals surface area contributed by atoms with Crippen molar-refractivity contribution in [3.8, 4) is 0 Å². The van der Waals surface area contributed by atoms with E-state index in [0.29, 0.717) is 11.3 Å². The first-order valence-electron chi connectivity index (χ1n) is 6.84. The van der Waals surface area contributed by atoms with Crippen molar-refractivity contribution in [3.05, 3.63) is 35.9 Å². The SMILES string of the molecule is CC(C)(C)C(CN1CCCC1)c1ccccc1. The summed E-state index contributed by atoms with van der Waals surface area (Å²) in [6, 6.07) is 11.0. The van der Waals surface area contributed by atoms with Crippen molar-refractivity contribution in [2.24, 2.45) is 5.41 Å². The highest BCUT2D eigenvalue weighted by Crippen LogP contribution is 2.36. The van der Waals surface area contributed by atoms with Crippen LogP contribution in [0.15, 0.2) is 30.3 Å². The molecule has 0 aliphatic carbocycles. The van der Waals surface area contributed by atoms with Gasteiger partial charge in [0.2, 0.25) is 0 Å². The summed E-state index contributed by atoms with van der Waals surface area (Å²) in [5, 5.41) is 0. The van der Waals surface area contributed by atoms with Gasteiger partial charge in [-0.25, -0.2) is 0 Å². The number of likely N-dealkylation sites (tertiary alicyclic amines) is 1. The normalized spacial score (nSPS) is 19.5.